The number of rotatable bonds is 4. The van der Waals surface area contributed by atoms with E-state index in [1.807, 2.05) is 7.05 Å². The Morgan fingerprint density at radius 3 is 2.92 bits per heavy atom. The van der Waals surface area contributed by atoms with Gasteiger partial charge in [0.25, 0.3) is 0 Å². The van der Waals surface area contributed by atoms with E-state index in [1.165, 1.54) is 0 Å². The quantitative estimate of drug-likeness (QED) is 0.815. The smallest absolute Gasteiger partial charge is 0.117 e. The number of halogens is 1. The largest absolute Gasteiger partial charge is 0.314 e. The molecule has 0 spiro atoms. The highest BCUT2D eigenvalue weighted by Crippen LogP contribution is 2.24. The minimum absolute atomic E-state index is 0.763. The standard InChI is InChI=1S/C8H13ClN2S/c1-3-4-7-11-6(5-10-2)8(9)12-7/h10H,3-5H2,1-2H3. The molecule has 0 bridgehead atoms. The Morgan fingerprint density at radius 1 is 1.58 bits per heavy atom. The molecule has 0 aliphatic carbocycles. The van der Waals surface area contributed by atoms with Crippen molar-refractivity contribution in [2.45, 2.75) is 26.3 Å². The van der Waals surface area contributed by atoms with Gasteiger partial charge in [-0.1, -0.05) is 18.5 Å². The van der Waals surface area contributed by atoms with Gasteiger partial charge in [0.2, 0.25) is 0 Å². The van der Waals surface area contributed by atoms with Gasteiger partial charge in [-0.15, -0.1) is 11.3 Å². The first-order chi connectivity index (χ1) is 5.77. The van der Waals surface area contributed by atoms with Crippen molar-refractivity contribution >= 4 is 22.9 Å². The van der Waals surface area contributed by atoms with E-state index in [2.05, 4.69) is 17.2 Å². The summed E-state index contributed by atoms with van der Waals surface area (Å²) in [5.74, 6) is 0. The second-order valence-corrected chi connectivity index (χ2v) is 4.29. The zero-order chi connectivity index (χ0) is 8.97. The van der Waals surface area contributed by atoms with E-state index in [9.17, 15) is 0 Å². The fourth-order valence-corrected chi connectivity index (χ4v) is 2.26. The minimum atomic E-state index is 0.763. The molecule has 0 aliphatic rings. The summed E-state index contributed by atoms with van der Waals surface area (Å²) in [6.45, 7) is 2.91. The lowest BCUT2D eigenvalue weighted by molar-refractivity contribution is 0.787. The van der Waals surface area contributed by atoms with Gasteiger partial charge < -0.3 is 5.32 Å². The van der Waals surface area contributed by atoms with Crippen LogP contribution in [0.15, 0.2) is 0 Å². The average molecular weight is 205 g/mol. The third kappa shape index (κ3) is 2.44. The molecule has 1 aromatic heterocycles. The molecule has 1 N–H and O–H groups in total. The number of nitrogens with one attached hydrogen (secondary N) is 1. The normalized spacial score (nSPS) is 10.6. The van der Waals surface area contributed by atoms with Crippen molar-refractivity contribution in [2.75, 3.05) is 7.05 Å². The van der Waals surface area contributed by atoms with Gasteiger partial charge in [-0.25, -0.2) is 4.98 Å². The highest BCUT2D eigenvalue weighted by atomic mass is 35.5. The van der Waals surface area contributed by atoms with Gasteiger partial charge in [-0.2, -0.15) is 0 Å². The van der Waals surface area contributed by atoms with Crippen molar-refractivity contribution in [1.82, 2.24) is 10.3 Å². The number of thiazole rings is 1. The monoisotopic (exact) mass is 204 g/mol. The first-order valence-corrected chi connectivity index (χ1v) is 5.26. The van der Waals surface area contributed by atoms with E-state index in [0.717, 1.165) is 34.4 Å². The summed E-state index contributed by atoms with van der Waals surface area (Å²) in [5.41, 5.74) is 0.979. The van der Waals surface area contributed by atoms with Crippen LogP contribution in [0.3, 0.4) is 0 Å². The van der Waals surface area contributed by atoms with E-state index in [4.69, 9.17) is 11.6 Å². The lowest BCUT2D eigenvalue weighted by atomic mass is 10.3. The van der Waals surface area contributed by atoms with Crippen molar-refractivity contribution < 1.29 is 0 Å². The number of hydrogen-bond donors (Lipinski definition) is 1. The highest BCUT2D eigenvalue weighted by Gasteiger charge is 2.06. The van der Waals surface area contributed by atoms with Crippen molar-refractivity contribution in [3.63, 3.8) is 0 Å². The van der Waals surface area contributed by atoms with Crippen LogP contribution in [0, 0.1) is 0 Å². The third-order valence-corrected chi connectivity index (χ3v) is 2.90. The molecule has 0 aromatic carbocycles. The lowest BCUT2D eigenvalue weighted by Crippen LogP contribution is -2.05. The molecule has 0 unspecified atom stereocenters. The van der Waals surface area contributed by atoms with Gasteiger partial charge in [-0.05, 0) is 19.9 Å². The second kappa shape index (κ2) is 4.80. The topological polar surface area (TPSA) is 24.9 Å². The minimum Gasteiger partial charge on any atom is -0.314 e. The van der Waals surface area contributed by atoms with E-state index in [1.54, 1.807) is 11.3 Å². The fraction of sp³-hybridized carbons (Fsp3) is 0.625. The van der Waals surface area contributed by atoms with Crippen molar-refractivity contribution in [3.8, 4) is 0 Å². The Labute approximate surface area is 82.0 Å². The maximum absolute atomic E-state index is 5.98. The predicted molar refractivity (Wildman–Crippen MR) is 53.9 cm³/mol. The van der Waals surface area contributed by atoms with Gasteiger partial charge in [0.15, 0.2) is 0 Å². The van der Waals surface area contributed by atoms with Gasteiger partial charge in [0.05, 0.1) is 10.7 Å². The molecule has 0 radical (unpaired) electrons. The Hall–Kier alpha value is -0.120. The Balaban J connectivity index is 2.70. The first kappa shape index (κ1) is 9.96. The Morgan fingerprint density at radius 2 is 2.33 bits per heavy atom. The summed E-state index contributed by atoms with van der Waals surface area (Å²) in [7, 11) is 1.90. The van der Waals surface area contributed by atoms with Crippen LogP contribution in [0.4, 0.5) is 0 Å². The van der Waals surface area contributed by atoms with Gasteiger partial charge >= 0.3 is 0 Å². The number of aryl methyl sites for hydroxylation is 1. The predicted octanol–water partition coefficient (Wildman–Crippen LogP) is 2.47. The summed E-state index contributed by atoms with van der Waals surface area (Å²) in [5, 5.41) is 4.19. The maximum Gasteiger partial charge on any atom is 0.117 e. The zero-order valence-corrected chi connectivity index (χ0v) is 8.93. The van der Waals surface area contributed by atoms with E-state index in [0.29, 0.717) is 0 Å². The number of hydrogen-bond acceptors (Lipinski definition) is 3. The van der Waals surface area contributed by atoms with Crippen LogP contribution in [-0.4, -0.2) is 12.0 Å². The average Bonchev–Trinajstić information content (AvgIpc) is 2.34. The molecule has 0 amide bonds. The molecule has 4 heteroatoms. The van der Waals surface area contributed by atoms with Gasteiger partial charge in [0.1, 0.15) is 4.34 Å². The van der Waals surface area contributed by atoms with Crippen LogP contribution in [0.25, 0.3) is 0 Å². The third-order valence-electron chi connectivity index (χ3n) is 1.50. The molecule has 0 saturated carbocycles. The van der Waals surface area contributed by atoms with Crippen molar-refractivity contribution in [2.24, 2.45) is 0 Å². The molecule has 68 valence electrons. The summed E-state index contributed by atoms with van der Waals surface area (Å²) in [4.78, 5) is 4.41. The summed E-state index contributed by atoms with van der Waals surface area (Å²) in [6.07, 6.45) is 2.16. The molecule has 0 saturated heterocycles. The highest BCUT2D eigenvalue weighted by molar-refractivity contribution is 7.16. The molecule has 2 nitrogen and oxygen atoms in total. The number of aromatic nitrogens is 1. The molecule has 0 fully saturated rings. The van der Waals surface area contributed by atoms with Crippen LogP contribution >= 0.6 is 22.9 Å². The Bertz CT molecular complexity index is 247. The van der Waals surface area contributed by atoms with Crippen LogP contribution in [-0.2, 0) is 13.0 Å². The van der Waals surface area contributed by atoms with Crippen LogP contribution in [0.1, 0.15) is 24.0 Å². The summed E-state index contributed by atoms with van der Waals surface area (Å²) < 4.78 is 0.827. The fourth-order valence-electron chi connectivity index (χ4n) is 0.977. The van der Waals surface area contributed by atoms with Crippen LogP contribution < -0.4 is 5.32 Å². The molecular weight excluding hydrogens is 192 g/mol. The van der Waals surface area contributed by atoms with Crippen LogP contribution in [0.2, 0.25) is 4.34 Å². The molecule has 1 aromatic rings. The molecule has 12 heavy (non-hydrogen) atoms. The zero-order valence-electron chi connectivity index (χ0n) is 7.35. The first-order valence-electron chi connectivity index (χ1n) is 4.06. The lowest BCUT2D eigenvalue weighted by Gasteiger charge is -1.92. The molecule has 0 atom stereocenters. The number of nitrogens with zero attached hydrogens (tertiary/aromatic N) is 1. The van der Waals surface area contributed by atoms with Gasteiger partial charge in [0, 0.05) is 6.54 Å². The molecule has 1 rings (SSSR count). The van der Waals surface area contributed by atoms with E-state index >= 15 is 0 Å². The van der Waals surface area contributed by atoms with Crippen LogP contribution in [0.5, 0.6) is 0 Å². The van der Waals surface area contributed by atoms with Gasteiger partial charge in [-0.3, -0.25) is 0 Å². The summed E-state index contributed by atoms with van der Waals surface area (Å²) in [6, 6.07) is 0. The second-order valence-electron chi connectivity index (χ2n) is 2.61. The van der Waals surface area contributed by atoms with Crippen molar-refractivity contribution in [3.05, 3.63) is 15.0 Å². The Kier molecular flexibility index (Phi) is 3.98. The molecule has 1 heterocycles. The SMILES string of the molecule is CCCc1nc(CNC)c(Cl)s1. The summed E-state index contributed by atoms with van der Waals surface area (Å²) >= 11 is 7.57. The van der Waals surface area contributed by atoms with Crippen molar-refractivity contribution in [1.29, 1.82) is 0 Å². The molecule has 0 aliphatic heterocycles. The van der Waals surface area contributed by atoms with E-state index < -0.39 is 0 Å². The maximum atomic E-state index is 5.98. The molecular formula is C8H13ClN2S. The van der Waals surface area contributed by atoms with E-state index in [-0.39, 0.29) is 0 Å².